The SMILES string of the molecule is COC(=O)c1sc(C(C)(C)C)cc1N(CC(=O)N1CCOCC1)C(=O)C1CC=C(C)C[C@@H]1C. The van der Waals surface area contributed by atoms with Crippen molar-refractivity contribution in [1.29, 1.82) is 0 Å². The Morgan fingerprint density at radius 1 is 1.24 bits per heavy atom. The number of anilines is 1. The average molecular weight is 477 g/mol. The van der Waals surface area contributed by atoms with Crippen molar-refractivity contribution < 1.29 is 23.9 Å². The highest BCUT2D eigenvalue weighted by Gasteiger charge is 2.36. The maximum atomic E-state index is 13.9. The molecule has 0 radical (unpaired) electrons. The van der Waals surface area contributed by atoms with Gasteiger partial charge in [-0.2, -0.15) is 0 Å². The molecule has 7 nitrogen and oxygen atoms in total. The monoisotopic (exact) mass is 476 g/mol. The highest BCUT2D eigenvalue weighted by atomic mass is 32.1. The maximum absolute atomic E-state index is 13.9. The van der Waals surface area contributed by atoms with Crippen molar-refractivity contribution in [2.75, 3.05) is 44.9 Å². The van der Waals surface area contributed by atoms with Crippen LogP contribution in [-0.2, 0) is 24.5 Å². The molecule has 1 aliphatic carbocycles. The second kappa shape index (κ2) is 10.4. The number of carbonyl (C=O) groups is 3. The Labute approximate surface area is 200 Å². The molecule has 0 bridgehead atoms. The molecule has 0 aromatic carbocycles. The van der Waals surface area contributed by atoms with Gasteiger partial charge in [-0.15, -0.1) is 11.3 Å². The number of nitrogens with zero attached hydrogens (tertiary/aromatic N) is 2. The molecule has 2 amide bonds. The molecule has 1 unspecified atom stereocenters. The molecule has 1 aromatic heterocycles. The minimum atomic E-state index is -0.491. The fourth-order valence-electron chi connectivity index (χ4n) is 4.36. The van der Waals surface area contributed by atoms with E-state index in [1.807, 2.05) is 6.07 Å². The van der Waals surface area contributed by atoms with Crippen molar-refractivity contribution in [2.45, 2.75) is 52.9 Å². The van der Waals surface area contributed by atoms with Crippen molar-refractivity contribution in [3.8, 4) is 0 Å². The van der Waals surface area contributed by atoms with Crippen LogP contribution < -0.4 is 4.90 Å². The molecule has 33 heavy (non-hydrogen) atoms. The summed E-state index contributed by atoms with van der Waals surface area (Å²) >= 11 is 1.33. The highest BCUT2D eigenvalue weighted by molar-refractivity contribution is 7.14. The van der Waals surface area contributed by atoms with Gasteiger partial charge in [0, 0.05) is 23.9 Å². The number of morpholine rings is 1. The zero-order valence-corrected chi connectivity index (χ0v) is 21.4. The largest absolute Gasteiger partial charge is 0.465 e. The zero-order valence-electron chi connectivity index (χ0n) is 20.6. The summed E-state index contributed by atoms with van der Waals surface area (Å²) in [6.45, 7) is 12.2. The Bertz CT molecular complexity index is 924. The van der Waals surface area contributed by atoms with Gasteiger partial charge in [-0.3, -0.25) is 9.59 Å². The smallest absolute Gasteiger partial charge is 0.350 e. The first-order valence-electron chi connectivity index (χ1n) is 11.6. The number of methoxy groups -OCH3 is 1. The van der Waals surface area contributed by atoms with E-state index in [2.05, 4.69) is 40.7 Å². The summed E-state index contributed by atoms with van der Waals surface area (Å²) in [4.78, 5) is 44.4. The number of esters is 1. The molecule has 2 heterocycles. The number of hydrogen-bond acceptors (Lipinski definition) is 6. The number of thiophene rings is 1. The van der Waals surface area contributed by atoms with Crippen LogP contribution in [0, 0.1) is 11.8 Å². The lowest BCUT2D eigenvalue weighted by Crippen LogP contribution is -2.49. The van der Waals surface area contributed by atoms with Gasteiger partial charge in [0.1, 0.15) is 11.4 Å². The first-order chi connectivity index (χ1) is 15.5. The molecule has 1 aromatic rings. The lowest BCUT2D eigenvalue weighted by atomic mass is 9.80. The van der Waals surface area contributed by atoms with E-state index >= 15 is 0 Å². The minimum absolute atomic E-state index is 0.102. The van der Waals surface area contributed by atoms with Crippen LogP contribution in [-0.4, -0.2) is 62.6 Å². The summed E-state index contributed by atoms with van der Waals surface area (Å²) in [5.74, 6) is -0.826. The van der Waals surface area contributed by atoms with Gasteiger partial charge in [0.05, 0.1) is 26.0 Å². The van der Waals surface area contributed by atoms with E-state index in [4.69, 9.17) is 9.47 Å². The van der Waals surface area contributed by atoms with Crippen molar-refractivity contribution in [3.05, 3.63) is 27.5 Å². The summed E-state index contributed by atoms with van der Waals surface area (Å²) in [5.41, 5.74) is 1.54. The van der Waals surface area contributed by atoms with Crippen LogP contribution in [0.25, 0.3) is 0 Å². The fraction of sp³-hybridized carbons (Fsp3) is 0.640. The molecular formula is C25H36N2O5S. The van der Waals surface area contributed by atoms with Crippen molar-refractivity contribution >= 4 is 34.8 Å². The quantitative estimate of drug-likeness (QED) is 0.474. The predicted molar refractivity (Wildman–Crippen MR) is 130 cm³/mol. The van der Waals surface area contributed by atoms with E-state index in [-0.39, 0.29) is 35.6 Å². The van der Waals surface area contributed by atoms with E-state index in [0.717, 1.165) is 11.3 Å². The van der Waals surface area contributed by atoms with Gasteiger partial charge in [0.2, 0.25) is 11.8 Å². The lowest BCUT2D eigenvalue weighted by molar-refractivity contribution is -0.135. The molecule has 0 spiro atoms. The van der Waals surface area contributed by atoms with Crippen molar-refractivity contribution in [3.63, 3.8) is 0 Å². The van der Waals surface area contributed by atoms with Crippen LogP contribution in [0.4, 0.5) is 5.69 Å². The number of carbonyl (C=O) groups excluding carboxylic acids is 3. The Balaban J connectivity index is 2.02. The zero-order chi connectivity index (χ0) is 24.3. The summed E-state index contributed by atoms with van der Waals surface area (Å²) in [6.07, 6.45) is 3.60. The Kier molecular flexibility index (Phi) is 8.00. The molecule has 1 aliphatic heterocycles. The summed E-state index contributed by atoms with van der Waals surface area (Å²) in [6, 6.07) is 1.88. The third-order valence-electron chi connectivity index (χ3n) is 6.40. The van der Waals surface area contributed by atoms with Crippen molar-refractivity contribution in [1.82, 2.24) is 4.90 Å². The molecule has 0 N–H and O–H groups in total. The second-order valence-corrected chi connectivity index (χ2v) is 11.1. The van der Waals surface area contributed by atoms with Gasteiger partial charge >= 0.3 is 5.97 Å². The summed E-state index contributed by atoms with van der Waals surface area (Å²) < 4.78 is 10.4. The van der Waals surface area contributed by atoms with E-state index in [1.54, 1.807) is 4.90 Å². The Hall–Kier alpha value is -2.19. The van der Waals surface area contributed by atoms with Gasteiger partial charge in [-0.05, 0) is 37.2 Å². The number of ether oxygens (including phenoxy) is 2. The van der Waals surface area contributed by atoms with Crippen LogP contribution in [0.2, 0.25) is 0 Å². The minimum Gasteiger partial charge on any atom is -0.465 e. The number of amides is 2. The van der Waals surface area contributed by atoms with Crippen molar-refractivity contribution in [2.24, 2.45) is 11.8 Å². The van der Waals surface area contributed by atoms with Crippen LogP contribution in [0.1, 0.15) is 62.0 Å². The molecule has 2 aliphatic rings. The molecule has 1 saturated heterocycles. The third kappa shape index (κ3) is 5.84. The van der Waals surface area contributed by atoms with Gasteiger partial charge in [-0.25, -0.2) is 4.79 Å². The normalized spacial score (nSPS) is 21.4. The molecular weight excluding hydrogens is 440 g/mol. The topological polar surface area (TPSA) is 76.2 Å². The Morgan fingerprint density at radius 3 is 2.48 bits per heavy atom. The number of rotatable bonds is 5. The molecule has 3 rings (SSSR count). The van der Waals surface area contributed by atoms with Gasteiger partial charge < -0.3 is 19.3 Å². The van der Waals surface area contributed by atoms with E-state index < -0.39 is 5.97 Å². The predicted octanol–water partition coefficient (Wildman–Crippen LogP) is 4.02. The van der Waals surface area contributed by atoms with Crippen LogP contribution in [0.5, 0.6) is 0 Å². The molecule has 0 saturated carbocycles. The van der Waals surface area contributed by atoms with E-state index in [1.165, 1.54) is 28.9 Å². The molecule has 2 atom stereocenters. The number of allylic oxidation sites excluding steroid dienone is 2. The summed E-state index contributed by atoms with van der Waals surface area (Å²) in [7, 11) is 1.34. The Morgan fingerprint density at radius 2 is 1.91 bits per heavy atom. The summed E-state index contributed by atoms with van der Waals surface area (Å²) in [5, 5.41) is 0. The second-order valence-electron chi connectivity index (χ2n) is 10.1. The van der Waals surface area contributed by atoms with Gasteiger partial charge in [-0.1, -0.05) is 39.3 Å². The maximum Gasteiger partial charge on any atom is 0.350 e. The first-order valence-corrected chi connectivity index (χ1v) is 12.4. The third-order valence-corrected chi connectivity index (χ3v) is 7.93. The highest BCUT2D eigenvalue weighted by Crippen LogP contribution is 2.40. The average Bonchev–Trinajstić information content (AvgIpc) is 3.22. The van der Waals surface area contributed by atoms with Crippen LogP contribution >= 0.6 is 11.3 Å². The first kappa shape index (κ1) is 25.4. The molecule has 1 fully saturated rings. The van der Waals surface area contributed by atoms with Crippen LogP contribution in [0.15, 0.2) is 17.7 Å². The van der Waals surface area contributed by atoms with Crippen LogP contribution in [0.3, 0.4) is 0 Å². The lowest BCUT2D eigenvalue weighted by Gasteiger charge is -2.34. The van der Waals surface area contributed by atoms with E-state index in [9.17, 15) is 14.4 Å². The number of hydrogen-bond donors (Lipinski definition) is 0. The fourth-order valence-corrected chi connectivity index (χ4v) is 5.50. The van der Waals surface area contributed by atoms with Gasteiger partial charge in [0.15, 0.2) is 0 Å². The molecule has 8 heteroatoms. The standard InChI is InChI=1S/C25H36N2O5S/c1-16-7-8-18(17(2)13-16)23(29)27(15-21(28)26-9-11-32-12-10-26)19-14-20(25(3,4)5)33-22(19)24(30)31-6/h7,14,17-18H,8-13,15H2,1-6H3/t17-,18?/m0/s1. The van der Waals surface area contributed by atoms with E-state index in [0.29, 0.717) is 43.3 Å². The molecule has 182 valence electrons. The van der Waals surface area contributed by atoms with Gasteiger partial charge in [0.25, 0.3) is 0 Å².